The summed E-state index contributed by atoms with van der Waals surface area (Å²) in [5.41, 5.74) is 1.45. The molecule has 1 aromatic rings. The number of ether oxygens (including phenoxy) is 2. The van der Waals surface area contributed by atoms with Crippen LogP contribution in [0.5, 0.6) is 5.75 Å². The number of benzene rings is 1. The van der Waals surface area contributed by atoms with Crippen molar-refractivity contribution in [3.63, 3.8) is 0 Å². The zero-order valence-corrected chi connectivity index (χ0v) is 13.4. The Morgan fingerprint density at radius 1 is 1.41 bits per heavy atom. The molecule has 1 aromatic carbocycles. The number of fused-ring (bicyclic) bond motifs is 1. The van der Waals surface area contributed by atoms with Crippen molar-refractivity contribution in [1.29, 1.82) is 0 Å². The third-order valence-corrected chi connectivity index (χ3v) is 3.74. The lowest BCUT2D eigenvalue weighted by molar-refractivity contribution is -0.143. The molecule has 0 bridgehead atoms. The number of hydrogen-bond donors (Lipinski definition) is 1. The zero-order chi connectivity index (χ0) is 16.3. The first-order valence-electron chi connectivity index (χ1n) is 7.47. The summed E-state index contributed by atoms with van der Waals surface area (Å²) in [6.07, 6.45) is 0.627. The van der Waals surface area contributed by atoms with Crippen LogP contribution in [0.2, 0.25) is 0 Å². The Morgan fingerprint density at radius 2 is 2.14 bits per heavy atom. The summed E-state index contributed by atoms with van der Waals surface area (Å²) in [5.74, 6) is 0.158. The van der Waals surface area contributed by atoms with Gasteiger partial charge in [0.15, 0.2) is 0 Å². The van der Waals surface area contributed by atoms with Gasteiger partial charge in [-0.25, -0.2) is 4.79 Å². The molecule has 2 rings (SSSR count). The van der Waals surface area contributed by atoms with Crippen molar-refractivity contribution < 1.29 is 19.1 Å². The molecule has 1 aliphatic rings. The minimum Gasteiger partial charge on any atom is -0.494 e. The molecule has 120 valence electrons. The van der Waals surface area contributed by atoms with E-state index in [0.717, 1.165) is 11.4 Å². The molecule has 0 aliphatic carbocycles. The molecule has 0 spiro atoms. The van der Waals surface area contributed by atoms with Crippen LogP contribution in [0.1, 0.15) is 27.2 Å². The molecular weight excluding hydrogens is 284 g/mol. The van der Waals surface area contributed by atoms with E-state index >= 15 is 0 Å². The molecule has 0 saturated carbocycles. The van der Waals surface area contributed by atoms with E-state index in [0.29, 0.717) is 18.7 Å². The Labute approximate surface area is 130 Å². The maximum atomic E-state index is 12.6. The number of nitrogens with one attached hydrogen (secondary N) is 1. The highest BCUT2D eigenvalue weighted by Gasteiger charge is 2.37. The quantitative estimate of drug-likeness (QED) is 0.845. The van der Waals surface area contributed by atoms with Crippen LogP contribution in [0.25, 0.3) is 0 Å². The lowest BCUT2D eigenvalue weighted by atomic mass is 10.0. The van der Waals surface area contributed by atoms with Gasteiger partial charge in [-0.1, -0.05) is 6.92 Å². The number of amides is 1. The van der Waals surface area contributed by atoms with E-state index in [1.54, 1.807) is 19.1 Å². The highest BCUT2D eigenvalue weighted by atomic mass is 16.5. The van der Waals surface area contributed by atoms with Crippen LogP contribution in [0.15, 0.2) is 18.2 Å². The lowest BCUT2D eigenvalue weighted by Crippen LogP contribution is -2.53. The molecule has 0 aromatic heterocycles. The van der Waals surface area contributed by atoms with Crippen LogP contribution in [-0.4, -0.2) is 37.7 Å². The van der Waals surface area contributed by atoms with Crippen LogP contribution < -0.4 is 15.0 Å². The molecular formula is C16H22N2O4. The van der Waals surface area contributed by atoms with Gasteiger partial charge in [-0.2, -0.15) is 0 Å². The maximum absolute atomic E-state index is 12.6. The fourth-order valence-electron chi connectivity index (χ4n) is 2.59. The average molecular weight is 306 g/mol. The standard InChI is InChI=1S/C16H22N2O4/c1-5-12-15(19)18(10(3)16(20)21-4)14-8-7-11(22-6-2)9-13(14)17-12/h7-10,12,17H,5-6H2,1-4H3. The maximum Gasteiger partial charge on any atom is 0.328 e. The van der Waals surface area contributed by atoms with Crippen LogP contribution in [0, 0.1) is 0 Å². The third-order valence-electron chi connectivity index (χ3n) is 3.74. The van der Waals surface area contributed by atoms with Gasteiger partial charge in [0.1, 0.15) is 17.8 Å². The molecule has 0 saturated heterocycles. The first-order chi connectivity index (χ1) is 10.5. The van der Waals surface area contributed by atoms with Crippen molar-refractivity contribution >= 4 is 23.3 Å². The fraction of sp³-hybridized carbons (Fsp3) is 0.500. The first-order valence-corrected chi connectivity index (χ1v) is 7.47. The molecule has 1 aliphatic heterocycles. The molecule has 2 unspecified atom stereocenters. The third kappa shape index (κ3) is 2.86. The van der Waals surface area contributed by atoms with E-state index in [4.69, 9.17) is 9.47 Å². The van der Waals surface area contributed by atoms with Gasteiger partial charge in [-0.05, 0) is 32.4 Å². The van der Waals surface area contributed by atoms with Gasteiger partial charge >= 0.3 is 5.97 Å². The summed E-state index contributed by atoms with van der Waals surface area (Å²) in [7, 11) is 1.32. The zero-order valence-electron chi connectivity index (χ0n) is 13.4. The van der Waals surface area contributed by atoms with E-state index in [-0.39, 0.29) is 11.9 Å². The number of carbonyl (C=O) groups excluding carboxylic acids is 2. The molecule has 22 heavy (non-hydrogen) atoms. The number of hydrogen-bond acceptors (Lipinski definition) is 5. The number of methoxy groups -OCH3 is 1. The smallest absolute Gasteiger partial charge is 0.328 e. The van der Waals surface area contributed by atoms with E-state index < -0.39 is 12.0 Å². The molecule has 2 atom stereocenters. The van der Waals surface area contributed by atoms with Crippen molar-refractivity contribution in [2.75, 3.05) is 23.9 Å². The predicted octanol–water partition coefficient (Wildman–Crippen LogP) is 2.18. The fourth-order valence-corrected chi connectivity index (χ4v) is 2.59. The highest BCUT2D eigenvalue weighted by molar-refractivity contribution is 6.08. The monoisotopic (exact) mass is 306 g/mol. The second-order valence-corrected chi connectivity index (χ2v) is 5.12. The van der Waals surface area contributed by atoms with Gasteiger partial charge in [-0.3, -0.25) is 9.69 Å². The topological polar surface area (TPSA) is 67.9 Å². The van der Waals surface area contributed by atoms with E-state index in [9.17, 15) is 9.59 Å². The van der Waals surface area contributed by atoms with Gasteiger partial charge < -0.3 is 14.8 Å². The Kier molecular flexibility index (Phi) is 4.90. The van der Waals surface area contributed by atoms with Crippen molar-refractivity contribution in [3.8, 4) is 5.75 Å². The van der Waals surface area contributed by atoms with Gasteiger partial charge in [0.2, 0.25) is 5.91 Å². The Morgan fingerprint density at radius 3 is 2.73 bits per heavy atom. The molecule has 6 heteroatoms. The van der Waals surface area contributed by atoms with E-state index in [1.165, 1.54) is 12.0 Å². The number of carbonyl (C=O) groups is 2. The Balaban J connectivity index is 2.45. The van der Waals surface area contributed by atoms with Gasteiger partial charge in [0.05, 0.1) is 25.1 Å². The average Bonchev–Trinajstić information content (AvgIpc) is 2.53. The van der Waals surface area contributed by atoms with Crippen molar-refractivity contribution in [2.24, 2.45) is 0 Å². The number of esters is 1. The number of anilines is 2. The van der Waals surface area contributed by atoms with Crippen LogP contribution in [-0.2, 0) is 14.3 Å². The minimum absolute atomic E-state index is 0.128. The van der Waals surface area contributed by atoms with Crippen LogP contribution in [0.3, 0.4) is 0 Å². The second-order valence-electron chi connectivity index (χ2n) is 5.12. The summed E-state index contributed by atoms with van der Waals surface area (Å²) in [6.45, 7) is 6.07. The first kappa shape index (κ1) is 16.1. The molecule has 1 amide bonds. The van der Waals surface area contributed by atoms with Crippen molar-refractivity contribution in [1.82, 2.24) is 0 Å². The molecule has 0 fully saturated rings. The Bertz CT molecular complexity index is 573. The predicted molar refractivity (Wildman–Crippen MR) is 84.3 cm³/mol. The van der Waals surface area contributed by atoms with Crippen molar-refractivity contribution in [3.05, 3.63) is 18.2 Å². The van der Waals surface area contributed by atoms with Gasteiger partial charge in [0.25, 0.3) is 0 Å². The second kappa shape index (κ2) is 6.68. The molecule has 1 heterocycles. The summed E-state index contributed by atoms with van der Waals surface area (Å²) < 4.78 is 10.3. The largest absolute Gasteiger partial charge is 0.494 e. The van der Waals surface area contributed by atoms with E-state index in [1.807, 2.05) is 19.9 Å². The summed E-state index contributed by atoms with van der Waals surface area (Å²) in [4.78, 5) is 26.0. The lowest BCUT2D eigenvalue weighted by Gasteiger charge is -2.37. The van der Waals surface area contributed by atoms with Crippen LogP contribution >= 0.6 is 0 Å². The molecule has 6 nitrogen and oxygen atoms in total. The number of rotatable bonds is 5. The Hall–Kier alpha value is -2.24. The van der Waals surface area contributed by atoms with Crippen LogP contribution in [0.4, 0.5) is 11.4 Å². The molecule has 0 radical (unpaired) electrons. The van der Waals surface area contributed by atoms with E-state index in [2.05, 4.69) is 5.32 Å². The summed E-state index contributed by atoms with van der Waals surface area (Å²) in [5, 5.41) is 3.21. The normalized spacial score (nSPS) is 18.3. The summed E-state index contributed by atoms with van der Waals surface area (Å²) in [6, 6.07) is 4.39. The highest BCUT2D eigenvalue weighted by Crippen LogP contribution is 2.36. The van der Waals surface area contributed by atoms with Gasteiger partial charge in [0, 0.05) is 6.07 Å². The number of nitrogens with zero attached hydrogens (tertiary/aromatic N) is 1. The minimum atomic E-state index is -0.676. The van der Waals surface area contributed by atoms with Gasteiger partial charge in [-0.15, -0.1) is 0 Å². The SMILES string of the molecule is CCOc1ccc2c(c1)NC(CC)C(=O)N2C(C)C(=O)OC. The summed E-state index contributed by atoms with van der Waals surface area (Å²) >= 11 is 0. The van der Waals surface area contributed by atoms with Crippen molar-refractivity contribution in [2.45, 2.75) is 39.3 Å². The molecule has 1 N–H and O–H groups in total.